The number of amides is 1. The first-order chi connectivity index (χ1) is 8.04. The Labute approximate surface area is 102 Å². The highest BCUT2D eigenvalue weighted by molar-refractivity contribution is 7.15. The number of hydrogen-bond acceptors (Lipinski definition) is 4. The van der Waals surface area contributed by atoms with Gasteiger partial charge >= 0.3 is 0 Å². The quantitative estimate of drug-likeness (QED) is 0.884. The highest BCUT2D eigenvalue weighted by atomic mass is 32.1. The number of anilines is 1. The van der Waals surface area contributed by atoms with Crippen molar-refractivity contribution < 1.29 is 4.79 Å². The number of fused-ring (bicyclic) bond motifs is 1. The van der Waals surface area contributed by atoms with Crippen LogP contribution in [0.3, 0.4) is 0 Å². The molecule has 0 radical (unpaired) electrons. The van der Waals surface area contributed by atoms with Crippen molar-refractivity contribution in [2.24, 2.45) is 0 Å². The third-order valence-electron chi connectivity index (χ3n) is 2.51. The first kappa shape index (κ1) is 11.8. The fourth-order valence-electron chi connectivity index (χ4n) is 1.56. The molecular weight excluding hydrogens is 238 g/mol. The maximum atomic E-state index is 12.2. The predicted molar refractivity (Wildman–Crippen MR) is 67.7 cm³/mol. The Morgan fingerprint density at radius 3 is 2.88 bits per heavy atom. The molecule has 0 aromatic carbocycles. The van der Waals surface area contributed by atoms with E-state index in [4.69, 9.17) is 0 Å². The zero-order valence-electron chi connectivity index (χ0n) is 9.90. The summed E-state index contributed by atoms with van der Waals surface area (Å²) in [7, 11) is 0. The standard InChI is InChI=1S/C11H13N3O2S/c1-4-8(15)13-9-7(3)12-11-14(10(9)16)6(2)5-17-11/h5H,4H2,1-3H3,(H,13,15). The normalized spacial score (nSPS) is 10.8. The molecule has 0 atom stereocenters. The van der Waals surface area contributed by atoms with Crippen LogP contribution in [0.4, 0.5) is 5.69 Å². The van der Waals surface area contributed by atoms with E-state index in [1.54, 1.807) is 13.8 Å². The van der Waals surface area contributed by atoms with Crippen LogP contribution >= 0.6 is 11.3 Å². The van der Waals surface area contributed by atoms with E-state index in [-0.39, 0.29) is 17.2 Å². The molecule has 1 N–H and O–H groups in total. The van der Waals surface area contributed by atoms with Crippen molar-refractivity contribution in [2.45, 2.75) is 27.2 Å². The molecule has 0 bridgehead atoms. The highest BCUT2D eigenvalue weighted by Gasteiger charge is 2.13. The Morgan fingerprint density at radius 1 is 1.53 bits per heavy atom. The van der Waals surface area contributed by atoms with E-state index in [1.807, 2.05) is 12.3 Å². The molecule has 0 saturated heterocycles. The van der Waals surface area contributed by atoms with Crippen LogP contribution in [-0.4, -0.2) is 15.3 Å². The second kappa shape index (κ2) is 4.29. The van der Waals surface area contributed by atoms with Crippen molar-refractivity contribution in [3.8, 4) is 0 Å². The molecule has 6 heteroatoms. The number of nitrogens with one attached hydrogen (secondary N) is 1. The maximum absolute atomic E-state index is 12.2. The molecule has 2 aromatic heterocycles. The zero-order valence-corrected chi connectivity index (χ0v) is 10.7. The number of rotatable bonds is 2. The largest absolute Gasteiger partial charge is 0.320 e. The minimum absolute atomic E-state index is 0.181. The lowest BCUT2D eigenvalue weighted by Crippen LogP contribution is -2.24. The third-order valence-corrected chi connectivity index (χ3v) is 3.45. The lowest BCUT2D eigenvalue weighted by atomic mass is 10.3. The fourth-order valence-corrected chi connectivity index (χ4v) is 2.46. The Hall–Kier alpha value is -1.69. The summed E-state index contributed by atoms with van der Waals surface area (Å²) in [5.74, 6) is -0.181. The maximum Gasteiger partial charge on any atom is 0.282 e. The van der Waals surface area contributed by atoms with Crippen molar-refractivity contribution in [2.75, 3.05) is 5.32 Å². The van der Waals surface area contributed by atoms with Crippen LogP contribution in [0.1, 0.15) is 24.7 Å². The van der Waals surface area contributed by atoms with Crippen LogP contribution in [0.5, 0.6) is 0 Å². The molecule has 2 rings (SSSR count). The molecule has 17 heavy (non-hydrogen) atoms. The van der Waals surface area contributed by atoms with Crippen molar-refractivity contribution >= 4 is 27.9 Å². The van der Waals surface area contributed by atoms with Crippen molar-refractivity contribution in [3.05, 3.63) is 27.1 Å². The smallest absolute Gasteiger partial charge is 0.282 e. The Balaban J connectivity index is 2.66. The van der Waals surface area contributed by atoms with Crippen LogP contribution in [0.2, 0.25) is 0 Å². The van der Waals surface area contributed by atoms with Gasteiger partial charge in [-0.05, 0) is 13.8 Å². The molecule has 0 aliphatic heterocycles. The third kappa shape index (κ3) is 1.95. The van der Waals surface area contributed by atoms with E-state index < -0.39 is 0 Å². The van der Waals surface area contributed by atoms with Gasteiger partial charge in [-0.25, -0.2) is 4.98 Å². The zero-order chi connectivity index (χ0) is 12.6. The van der Waals surface area contributed by atoms with Gasteiger partial charge in [0.25, 0.3) is 5.56 Å². The summed E-state index contributed by atoms with van der Waals surface area (Å²) in [6, 6.07) is 0. The SMILES string of the molecule is CCC(=O)Nc1c(C)nc2scc(C)n2c1=O. The summed E-state index contributed by atoms with van der Waals surface area (Å²) in [6.07, 6.45) is 0.338. The van der Waals surface area contributed by atoms with E-state index in [0.717, 1.165) is 5.69 Å². The summed E-state index contributed by atoms with van der Waals surface area (Å²) in [5, 5.41) is 4.48. The van der Waals surface area contributed by atoms with E-state index in [0.29, 0.717) is 17.1 Å². The van der Waals surface area contributed by atoms with Crippen LogP contribution in [0.25, 0.3) is 4.96 Å². The van der Waals surface area contributed by atoms with Gasteiger partial charge in [-0.1, -0.05) is 6.92 Å². The first-order valence-electron chi connectivity index (χ1n) is 5.32. The lowest BCUT2D eigenvalue weighted by molar-refractivity contribution is -0.115. The van der Waals surface area contributed by atoms with Gasteiger partial charge in [0.05, 0.1) is 5.69 Å². The number of hydrogen-bond donors (Lipinski definition) is 1. The van der Waals surface area contributed by atoms with Gasteiger partial charge in [0, 0.05) is 17.5 Å². The fraction of sp³-hybridized carbons (Fsp3) is 0.364. The number of carbonyl (C=O) groups excluding carboxylic acids is 1. The van der Waals surface area contributed by atoms with Gasteiger partial charge in [0.2, 0.25) is 5.91 Å². The van der Waals surface area contributed by atoms with Crippen molar-refractivity contribution in [3.63, 3.8) is 0 Å². The van der Waals surface area contributed by atoms with E-state index >= 15 is 0 Å². The monoisotopic (exact) mass is 251 g/mol. The Kier molecular flexibility index (Phi) is 2.97. The topological polar surface area (TPSA) is 63.5 Å². The average Bonchev–Trinajstić information content (AvgIpc) is 2.65. The molecule has 2 heterocycles. The van der Waals surface area contributed by atoms with Gasteiger partial charge in [0.1, 0.15) is 5.69 Å². The van der Waals surface area contributed by atoms with Gasteiger partial charge in [-0.15, -0.1) is 11.3 Å². The number of aryl methyl sites for hydroxylation is 2. The Bertz CT molecular complexity index is 642. The molecule has 1 amide bonds. The van der Waals surface area contributed by atoms with Crippen molar-refractivity contribution in [1.82, 2.24) is 9.38 Å². The molecule has 0 spiro atoms. The van der Waals surface area contributed by atoms with Gasteiger partial charge in [-0.3, -0.25) is 14.0 Å². The summed E-state index contributed by atoms with van der Waals surface area (Å²) >= 11 is 1.41. The molecule has 0 aliphatic carbocycles. The molecule has 0 aliphatic rings. The van der Waals surface area contributed by atoms with Crippen LogP contribution < -0.4 is 10.9 Å². The first-order valence-corrected chi connectivity index (χ1v) is 6.20. The highest BCUT2D eigenvalue weighted by Crippen LogP contribution is 2.15. The van der Waals surface area contributed by atoms with Gasteiger partial charge < -0.3 is 5.32 Å². The average molecular weight is 251 g/mol. The van der Waals surface area contributed by atoms with E-state index in [9.17, 15) is 9.59 Å². The van der Waals surface area contributed by atoms with E-state index in [2.05, 4.69) is 10.3 Å². The lowest BCUT2D eigenvalue weighted by Gasteiger charge is -2.06. The molecule has 0 unspecified atom stereocenters. The summed E-state index contributed by atoms with van der Waals surface area (Å²) in [4.78, 5) is 28.5. The summed E-state index contributed by atoms with van der Waals surface area (Å²) in [5.41, 5.74) is 1.44. The molecule has 0 fully saturated rings. The molecule has 90 valence electrons. The second-order valence-corrected chi connectivity index (χ2v) is 4.61. The molecule has 5 nitrogen and oxygen atoms in total. The number of nitrogens with zero attached hydrogens (tertiary/aromatic N) is 2. The minimum Gasteiger partial charge on any atom is -0.320 e. The molecule has 0 saturated carbocycles. The predicted octanol–water partition coefficient (Wildman–Crippen LogP) is 1.72. The Morgan fingerprint density at radius 2 is 2.24 bits per heavy atom. The molecular formula is C11H13N3O2S. The van der Waals surface area contributed by atoms with Crippen LogP contribution in [0, 0.1) is 13.8 Å². The van der Waals surface area contributed by atoms with Crippen LogP contribution in [0.15, 0.2) is 10.2 Å². The van der Waals surface area contributed by atoms with Gasteiger partial charge in [0.15, 0.2) is 4.96 Å². The van der Waals surface area contributed by atoms with E-state index in [1.165, 1.54) is 15.7 Å². The van der Waals surface area contributed by atoms with Crippen molar-refractivity contribution in [1.29, 1.82) is 0 Å². The summed E-state index contributed by atoms with van der Waals surface area (Å²) < 4.78 is 1.52. The number of carbonyl (C=O) groups is 1. The second-order valence-electron chi connectivity index (χ2n) is 3.77. The number of thiazole rings is 1. The number of aromatic nitrogens is 2. The summed E-state index contributed by atoms with van der Waals surface area (Å²) in [6.45, 7) is 5.30. The van der Waals surface area contributed by atoms with Gasteiger partial charge in [-0.2, -0.15) is 0 Å². The molecule has 2 aromatic rings. The van der Waals surface area contributed by atoms with Crippen LogP contribution in [-0.2, 0) is 4.79 Å². The minimum atomic E-state index is -0.215.